The predicted molar refractivity (Wildman–Crippen MR) is 143 cm³/mol. The van der Waals surface area contributed by atoms with E-state index in [1.165, 1.54) is 0 Å². The Morgan fingerprint density at radius 1 is 0.689 bits per heavy atom. The number of aromatic hydroxyl groups is 5. The average molecular weight is 643 g/mol. The van der Waals surface area contributed by atoms with Gasteiger partial charge < -0.3 is 84.6 Å². The molecule has 0 radical (unpaired) electrons. The maximum absolute atomic E-state index is 13.6. The first-order chi connectivity index (χ1) is 21.3. The number of benzene rings is 2. The van der Waals surface area contributed by atoms with Gasteiger partial charge in [0.1, 0.15) is 71.3 Å². The summed E-state index contributed by atoms with van der Waals surface area (Å²) in [6.45, 7) is -1.72. The molecule has 0 bridgehead atoms. The highest BCUT2D eigenvalue weighted by atomic mass is 16.7. The fourth-order valence-corrected chi connectivity index (χ4v) is 5.07. The molecule has 5 rings (SSSR count). The van der Waals surface area contributed by atoms with Gasteiger partial charge in [-0.15, -0.1) is 0 Å². The van der Waals surface area contributed by atoms with E-state index < -0.39 is 131 Å². The first kappa shape index (κ1) is 32.4. The molecule has 3 aromatic rings. The highest BCUT2D eigenvalue weighted by molar-refractivity contribution is 5.88. The molecule has 246 valence electrons. The minimum absolute atomic E-state index is 0.284. The number of aliphatic hydroxyl groups excluding tert-OH is 7. The third-order valence-corrected chi connectivity index (χ3v) is 7.44. The fraction of sp³-hybridized carbons (Fsp3) is 0.444. The van der Waals surface area contributed by atoms with Crippen molar-refractivity contribution in [1.82, 2.24) is 0 Å². The Kier molecular flexibility index (Phi) is 8.97. The van der Waals surface area contributed by atoms with Crippen LogP contribution in [0.2, 0.25) is 0 Å². The molecule has 0 spiro atoms. The van der Waals surface area contributed by atoms with Crippen LogP contribution in [0, 0.1) is 0 Å². The zero-order valence-corrected chi connectivity index (χ0v) is 22.8. The van der Waals surface area contributed by atoms with Crippen LogP contribution in [0.15, 0.2) is 33.5 Å². The molecular formula is C27H30O18. The van der Waals surface area contributed by atoms with E-state index in [1.807, 2.05) is 0 Å². The van der Waals surface area contributed by atoms with Crippen molar-refractivity contribution in [3.63, 3.8) is 0 Å². The van der Waals surface area contributed by atoms with Gasteiger partial charge in [0.15, 0.2) is 29.3 Å². The van der Waals surface area contributed by atoms with Crippen LogP contribution >= 0.6 is 0 Å². The van der Waals surface area contributed by atoms with Crippen LogP contribution in [-0.4, -0.2) is 136 Å². The molecule has 0 amide bonds. The molecule has 1 aromatic heterocycles. The molecule has 12 N–H and O–H groups in total. The van der Waals surface area contributed by atoms with Gasteiger partial charge in [-0.3, -0.25) is 4.79 Å². The molecule has 2 fully saturated rings. The van der Waals surface area contributed by atoms with Gasteiger partial charge in [0.25, 0.3) is 0 Å². The van der Waals surface area contributed by atoms with Crippen LogP contribution in [0.25, 0.3) is 22.3 Å². The molecule has 0 saturated carbocycles. The van der Waals surface area contributed by atoms with Gasteiger partial charge in [-0.1, -0.05) is 0 Å². The lowest BCUT2D eigenvalue weighted by atomic mass is 9.97. The summed E-state index contributed by atoms with van der Waals surface area (Å²) in [5.41, 5.74) is -1.80. The Labute approximate surface area is 250 Å². The number of ether oxygens (including phenoxy) is 4. The van der Waals surface area contributed by atoms with E-state index in [9.17, 15) is 66.1 Å². The lowest BCUT2D eigenvalue weighted by Gasteiger charge is -2.45. The maximum Gasteiger partial charge on any atom is 0.239 e. The molecule has 2 saturated heterocycles. The van der Waals surface area contributed by atoms with Crippen LogP contribution in [-0.2, 0) is 14.2 Å². The van der Waals surface area contributed by atoms with E-state index >= 15 is 0 Å². The number of aliphatic hydroxyl groups is 7. The highest BCUT2D eigenvalue weighted by Gasteiger charge is 2.51. The molecular weight excluding hydrogens is 612 g/mol. The normalized spacial score (nSPS) is 32.1. The number of fused-ring (bicyclic) bond motifs is 1. The smallest absolute Gasteiger partial charge is 0.239 e. The SMILES string of the molecule is O=c1c(O[C@@H]2O[C@H](CO)[C@@H](O[C@@H]3O[C@H](CO)[C@@H](O)[C@H](O)[C@H]3O)[C@H](O)[C@H]2O)c(-c2cc(O)c(O)c(O)c2)oc2cc(O)cc(O)c12. The van der Waals surface area contributed by atoms with Crippen molar-refractivity contribution < 1.29 is 84.6 Å². The predicted octanol–water partition coefficient (Wildman–Crippen LogP) is -3.01. The summed E-state index contributed by atoms with van der Waals surface area (Å²) >= 11 is 0. The minimum Gasteiger partial charge on any atom is -0.508 e. The van der Waals surface area contributed by atoms with Gasteiger partial charge >= 0.3 is 0 Å². The molecule has 0 aliphatic carbocycles. The lowest BCUT2D eigenvalue weighted by Crippen LogP contribution is -2.65. The van der Waals surface area contributed by atoms with Gasteiger partial charge in [0.05, 0.1) is 13.2 Å². The summed E-state index contributed by atoms with van der Waals surface area (Å²) in [6, 6.07) is 3.51. The van der Waals surface area contributed by atoms with Gasteiger partial charge in [0.2, 0.25) is 17.5 Å². The monoisotopic (exact) mass is 642 g/mol. The fourth-order valence-electron chi connectivity index (χ4n) is 5.07. The van der Waals surface area contributed by atoms with Gasteiger partial charge in [0, 0.05) is 17.7 Å². The van der Waals surface area contributed by atoms with Crippen LogP contribution < -0.4 is 10.2 Å². The largest absolute Gasteiger partial charge is 0.508 e. The molecule has 10 atom stereocenters. The van der Waals surface area contributed by atoms with Crippen LogP contribution in [0.3, 0.4) is 0 Å². The van der Waals surface area contributed by atoms with Gasteiger partial charge in [-0.25, -0.2) is 0 Å². The first-order valence-electron chi connectivity index (χ1n) is 13.3. The third kappa shape index (κ3) is 5.79. The van der Waals surface area contributed by atoms with Crippen molar-refractivity contribution in [2.75, 3.05) is 13.2 Å². The quantitative estimate of drug-likeness (QED) is 0.114. The van der Waals surface area contributed by atoms with Crippen molar-refractivity contribution in [1.29, 1.82) is 0 Å². The summed E-state index contributed by atoms with van der Waals surface area (Å²) in [6.07, 6.45) is -18.0. The standard InChI is InChI=1S/C27H30O18/c28-5-13-17(35)19(37)21(39)26(42-13)44-24-14(6-29)43-27(22(40)20(24)38)45-25-18(36)15-9(31)3-8(30)4-12(15)41-23(25)7-1-10(32)16(34)11(33)2-7/h1-4,13-14,17,19-22,24,26-35,37-40H,5-6H2/t13-,14-,17-,19+,20-,21-,22-,24-,26+,27+/m1/s1. The number of phenolic OH excluding ortho intramolecular Hbond substituents is 5. The Balaban J connectivity index is 1.51. The lowest BCUT2D eigenvalue weighted by molar-refractivity contribution is -0.352. The zero-order chi connectivity index (χ0) is 32.9. The topological polar surface area (TPSA) is 310 Å². The van der Waals surface area contributed by atoms with Crippen molar-refractivity contribution in [3.05, 3.63) is 34.5 Å². The van der Waals surface area contributed by atoms with Gasteiger partial charge in [-0.05, 0) is 12.1 Å². The second kappa shape index (κ2) is 12.4. The van der Waals surface area contributed by atoms with E-state index in [1.54, 1.807) is 0 Å². The van der Waals surface area contributed by atoms with Gasteiger partial charge in [-0.2, -0.15) is 0 Å². The average Bonchev–Trinajstić information content (AvgIpc) is 2.99. The Morgan fingerprint density at radius 3 is 1.91 bits per heavy atom. The Hall–Kier alpha value is -3.95. The number of hydrogen-bond acceptors (Lipinski definition) is 18. The van der Waals surface area contributed by atoms with E-state index in [-0.39, 0.29) is 5.56 Å². The molecule has 3 heterocycles. The molecule has 45 heavy (non-hydrogen) atoms. The van der Waals surface area contributed by atoms with Crippen molar-refractivity contribution >= 4 is 11.0 Å². The molecule has 2 aliphatic rings. The molecule has 0 unspecified atom stereocenters. The molecule has 2 aromatic carbocycles. The minimum atomic E-state index is -2.10. The Bertz CT molecular complexity index is 1580. The Morgan fingerprint density at radius 2 is 1.29 bits per heavy atom. The zero-order valence-electron chi connectivity index (χ0n) is 22.8. The summed E-state index contributed by atoms with van der Waals surface area (Å²) in [7, 11) is 0. The maximum atomic E-state index is 13.6. The summed E-state index contributed by atoms with van der Waals surface area (Å²) in [4.78, 5) is 13.6. The van der Waals surface area contributed by atoms with E-state index in [2.05, 4.69) is 0 Å². The van der Waals surface area contributed by atoms with E-state index in [0.717, 1.165) is 24.3 Å². The van der Waals surface area contributed by atoms with Crippen molar-refractivity contribution in [3.8, 4) is 45.8 Å². The van der Waals surface area contributed by atoms with Crippen LogP contribution in [0.1, 0.15) is 0 Å². The summed E-state index contributed by atoms with van der Waals surface area (Å²) in [5.74, 6) is -5.28. The molecule has 2 aliphatic heterocycles. The highest BCUT2D eigenvalue weighted by Crippen LogP contribution is 2.43. The second-order valence-electron chi connectivity index (χ2n) is 10.4. The third-order valence-electron chi connectivity index (χ3n) is 7.44. The summed E-state index contributed by atoms with van der Waals surface area (Å²) < 4.78 is 27.6. The van der Waals surface area contributed by atoms with Crippen molar-refractivity contribution in [2.45, 2.75) is 61.4 Å². The molecule has 18 heteroatoms. The van der Waals surface area contributed by atoms with Crippen LogP contribution in [0.4, 0.5) is 0 Å². The van der Waals surface area contributed by atoms with E-state index in [0.29, 0.717) is 0 Å². The number of rotatable bonds is 7. The first-order valence-corrected chi connectivity index (χ1v) is 13.3. The number of phenols is 5. The second-order valence-corrected chi connectivity index (χ2v) is 10.4. The number of hydrogen-bond donors (Lipinski definition) is 12. The summed E-state index contributed by atoms with van der Waals surface area (Å²) in [5, 5.41) is 121. The van der Waals surface area contributed by atoms with E-state index in [4.69, 9.17) is 23.4 Å². The van der Waals surface area contributed by atoms with Crippen molar-refractivity contribution in [2.24, 2.45) is 0 Å². The molecule has 18 nitrogen and oxygen atoms in total. The van der Waals surface area contributed by atoms with Crippen LogP contribution in [0.5, 0.6) is 34.5 Å².